The second-order valence-corrected chi connectivity index (χ2v) is 11.9. The lowest BCUT2D eigenvalue weighted by atomic mass is 9.84. The van der Waals surface area contributed by atoms with Crippen molar-refractivity contribution in [2.75, 3.05) is 23.7 Å². The zero-order chi connectivity index (χ0) is 27.7. The van der Waals surface area contributed by atoms with Gasteiger partial charge >= 0.3 is 0 Å². The molecule has 1 saturated heterocycles. The van der Waals surface area contributed by atoms with Crippen LogP contribution in [-0.2, 0) is 21.5 Å². The van der Waals surface area contributed by atoms with Crippen LogP contribution in [-0.4, -0.2) is 35.7 Å². The number of nitrogens with one attached hydrogen (secondary N) is 2. The van der Waals surface area contributed by atoms with Crippen molar-refractivity contribution in [3.8, 4) is 0 Å². The van der Waals surface area contributed by atoms with Gasteiger partial charge in [-0.3, -0.25) is 14.4 Å². The van der Waals surface area contributed by atoms with Gasteiger partial charge in [-0.1, -0.05) is 57.3 Å². The molecular weight excluding hydrogens is 603 g/mol. The van der Waals surface area contributed by atoms with Gasteiger partial charge in [0.15, 0.2) is 0 Å². The van der Waals surface area contributed by atoms with Crippen LogP contribution in [0.15, 0.2) is 65.1 Å². The highest BCUT2D eigenvalue weighted by atomic mass is 79.9. The molecule has 0 saturated carbocycles. The van der Waals surface area contributed by atoms with E-state index in [0.29, 0.717) is 40.1 Å². The lowest BCUT2D eigenvalue weighted by molar-refractivity contribution is -0.120. The Morgan fingerprint density at radius 3 is 2.67 bits per heavy atom. The quantitative estimate of drug-likeness (QED) is 0.299. The first-order valence-corrected chi connectivity index (χ1v) is 14.2. The number of nitrogens with zero attached hydrogens (tertiary/aromatic N) is 1. The summed E-state index contributed by atoms with van der Waals surface area (Å²) in [4.78, 5) is 40.9. The number of primary amides is 1. The fourth-order valence-corrected chi connectivity index (χ4v) is 6.29. The number of hydrogen-bond acceptors (Lipinski definition) is 4. The van der Waals surface area contributed by atoms with Gasteiger partial charge < -0.3 is 21.3 Å². The molecule has 0 radical (unpaired) electrons. The molecule has 39 heavy (non-hydrogen) atoms. The SMILES string of the molecule is NC(=O)C[C@@H]1CCCN(C(=O)c2ccc(Br)cc2NC2(Cc3cccc(Cl)c3)C(=O)Nc3cc(Cl)ccc32)C1. The Morgan fingerprint density at radius 2 is 1.90 bits per heavy atom. The molecule has 0 spiro atoms. The van der Waals surface area contributed by atoms with Crippen molar-refractivity contribution in [2.45, 2.75) is 31.2 Å². The van der Waals surface area contributed by atoms with Gasteiger partial charge in [-0.25, -0.2) is 0 Å². The first-order chi connectivity index (χ1) is 18.6. The fourth-order valence-electron chi connectivity index (χ4n) is 5.55. The van der Waals surface area contributed by atoms with Crippen LogP contribution >= 0.6 is 39.1 Å². The number of rotatable bonds is 7. The van der Waals surface area contributed by atoms with Gasteiger partial charge in [-0.05, 0) is 66.8 Å². The minimum absolute atomic E-state index is 0.0264. The van der Waals surface area contributed by atoms with E-state index >= 15 is 0 Å². The van der Waals surface area contributed by atoms with E-state index in [2.05, 4.69) is 26.6 Å². The highest BCUT2D eigenvalue weighted by Crippen LogP contribution is 2.43. The van der Waals surface area contributed by atoms with Crippen LogP contribution in [0.1, 0.15) is 40.7 Å². The highest BCUT2D eigenvalue weighted by molar-refractivity contribution is 9.10. The van der Waals surface area contributed by atoms with E-state index in [9.17, 15) is 14.4 Å². The van der Waals surface area contributed by atoms with E-state index in [1.807, 2.05) is 24.3 Å². The van der Waals surface area contributed by atoms with Crippen molar-refractivity contribution in [2.24, 2.45) is 11.7 Å². The number of halogens is 3. The average Bonchev–Trinajstić information content (AvgIpc) is 3.13. The number of carbonyl (C=O) groups is 3. The third kappa shape index (κ3) is 5.78. The molecule has 10 heteroatoms. The summed E-state index contributed by atoms with van der Waals surface area (Å²) in [6.07, 6.45) is 2.16. The number of piperidine rings is 1. The number of hydrogen-bond donors (Lipinski definition) is 3. The number of amides is 3. The standard InChI is InChI=1S/C29H27BrCl2N4O3/c30-19-6-8-22(27(38)36-10-2-4-18(16-36)12-26(33)37)24(13-19)35-29(15-17-3-1-5-20(31)11-17)23-9-7-21(32)14-25(23)34-28(29)39/h1,3,5-9,11,13-14,18,35H,2,4,10,12,15-16H2,(H2,33,37)(H,34,39)/t18-,29?/m0/s1. The Kier molecular flexibility index (Phi) is 7.89. The van der Waals surface area contributed by atoms with E-state index in [-0.39, 0.29) is 36.5 Å². The Morgan fingerprint density at radius 1 is 1.10 bits per heavy atom. The van der Waals surface area contributed by atoms with Gasteiger partial charge in [-0.2, -0.15) is 0 Å². The average molecular weight is 630 g/mol. The summed E-state index contributed by atoms with van der Waals surface area (Å²) < 4.78 is 0.749. The monoisotopic (exact) mass is 628 g/mol. The van der Waals surface area contributed by atoms with Crippen LogP contribution in [0.3, 0.4) is 0 Å². The minimum atomic E-state index is -1.24. The Balaban J connectivity index is 1.55. The van der Waals surface area contributed by atoms with E-state index in [0.717, 1.165) is 28.4 Å². The molecule has 1 fully saturated rings. The smallest absolute Gasteiger partial charge is 0.255 e. The predicted molar refractivity (Wildman–Crippen MR) is 157 cm³/mol. The van der Waals surface area contributed by atoms with Crippen LogP contribution in [0.5, 0.6) is 0 Å². The van der Waals surface area contributed by atoms with Crippen LogP contribution < -0.4 is 16.4 Å². The number of anilines is 2. The van der Waals surface area contributed by atoms with Gasteiger partial charge in [0.05, 0.1) is 5.56 Å². The summed E-state index contributed by atoms with van der Waals surface area (Å²) in [5, 5.41) is 7.50. The summed E-state index contributed by atoms with van der Waals surface area (Å²) in [7, 11) is 0. The molecule has 2 aliphatic rings. The minimum Gasteiger partial charge on any atom is -0.370 e. The molecule has 202 valence electrons. The third-order valence-corrected chi connectivity index (χ3v) is 8.26. The number of fused-ring (bicyclic) bond motifs is 1. The second-order valence-electron chi connectivity index (χ2n) is 10.1. The van der Waals surface area contributed by atoms with Crippen molar-refractivity contribution >= 4 is 68.2 Å². The molecule has 3 aromatic carbocycles. The lowest BCUT2D eigenvalue weighted by Gasteiger charge is -2.34. The third-order valence-electron chi connectivity index (χ3n) is 7.29. The Hall–Kier alpha value is -3.07. The predicted octanol–water partition coefficient (Wildman–Crippen LogP) is 5.99. The first kappa shape index (κ1) is 27.5. The van der Waals surface area contributed by atoms with Gasteiger partial charge in [0.2, 0.25) is 5.91 Å². The fraction of sp³-hybridized carbons (Fsp3) is 0.276. The number of likely N-dealkylation sites (tertiary alicyclic amines) is 1. The zero-order valence-electron chi connectivity index (χ0n) is 21.0. The largest absolute Gasteiger partial charge is 0.370 e. The maximum absolute atomic E-state index is 13.8. The van der Waals surface area contributed by atoms with Crippen LogP contribution in [0.25, 0.3) is 0 Å². The number of carbonyl (C=O) groups excluding carboxylic acids is 3. The molecule has 2 heterocycles. The van der Waals surface area contributed by atoms with Crippen molar-refractivity contribution in [3.05, 3.63) is 91.9 Å². The van der Waals surface area contributed by atoms with Crippen molar-refractivity contribution in [1.82, 2.24) is 4.90 Å². The van der Waals surface area contributed by atoms with Gasteiger partial charge in [0.25, 0.3) is 11.8 Å². The second kappa shape index (κ2) is 11.2. The highest BCUT2D eigenvalue weighted by Gasteiger charge is 2.47. The Bertz CT molecular complexity index is 1470. The van der Waals surface area contributed by atoms with Gasteiger partial charge in [-0.15, -0.1) is 0 Å². The number of benzene rings is 3. The molecule has 0 aromatic heterocycles. The lowest BCUT2D eigenvalue weighted by Crippen LogP contribution is -2.45. The van der Waals surface area contributed by atoms with Crippen LogP contribution in [0.4, 0.5) is 11.4 Å². The molecular formula is C29H27BrCl2N4O3. The van der Waals surface area contributed by atoms with Crippen LogP contribution in [0.2, 0.25) is 10.0 Å². The molecule has 2 atom stereocenters. The van der Waals surface area contributed by atoms with E-state index in [1.165, 1.54) is 0 Å². The molecule has 5 rings (SSSR count). The molecule has 3 aromatic rings. The van der Waals surface area contributed by atoms with E-state index < -0.39 is 5.54 Å². The molecule has 4 N–H and O–H groups in total. The van der Waals surface area contributed by atoms with Gasteiger partial charge in [0, 0.05) is 57.4 Å². The van der Waals surface area contributed by atoms with Crippen molar-refractivity contribution in [1.29, 1.82) is 0 Å². The molecule has 0 bridgehead atoms. The van der Waals surface area contributed by atoms with Crippen LogP contribution in [0, 0.1) is 5.92 Å². The molecule has 1 unspecified atom stereocenters. The maximum atomic E-state index is 13.8. The topological polar surface area (TPSA) is 105 Å². The zero-order valence-corrected chi connectivity index (χ0v) is 24.1. The summed E-state index contributed by atoms with van der Waals surface area (Å²) in [5.41, 5.74) is 7.29. The molecule has 7 nitrogen and oxygen atoms in total. The first-order valence-electron chi connectivity index (χ1n) is 12.7. The van der Waals surface area contributed by atoms with E-state index in [4.69, 9.17) is 28.9 Å². The number of nitrogens with two attached hydrogens (primary N) is 1. The van der Waals surface area contributed by atoms with E-state index in [1.54, 1.807) is 41.3 Å². The summed E-state index contributed by atoms with van der Waals surface area (Å²) >= 11 is 16.1. The maximum Gasteiger partial charge on any atom is 0.255 e. The summed E-state index contributed by atoms with van der Waals surface area (Å²) in [6, 6.07) is 18.0. The van der Waals surface area contributed by atoms with Gasteiger partial charge in [0.1, 0.15) is 5.54 Å². The Labute approximate surface area is 245 Å². The van der Waals surface area contributed by atoms with Crippen molar-refractivity contribution < 1.29 is 14.4 Å². The summed E-state index contributed by atoms with van der Waals surface area (Å²) in [5.74, 6) is -0.780. The summed E-state index contributed by atoms with van der Waals surface area (Å²) in [6.45, 7) is 1.03. The van der Waals surface area contributed by atoms with Crippen molar-refractivity contribution in [3.63, 3.8) is 0 Å². The molecule has 2 aliphatic heterocycles. The molecule has 0 aliphatic carbocycles. The molecule has 3 amide bonds. The normalized spacial score (nSPS) is 20.3.